The molecule has 4 saturated heterocycles. The molecule has 4 atom stereocenters. The Bertz CT molecular complexity index is 995. The van der Waals surface area contributed by atoms with Crippen LogP contribution in [0, 0.1) is 11.8 Å². The van der Waals surface area contributed by atoms with E-state index in [0.29, 0.717) is 11.2 Å². The van der Waals surface area contributed by atoms with Gasteiger partial charge in [0.05, 0.1) is 6.33 Å². The molecule has 1 N–H and O–H groups in total. The average Bonchev–Trinajstić information content (AvgIpc) is 3.27. The normalized spacial score (nSPS) is 31.5. The lowest BCUT2D eigenvalue weighted by molar-refractivity contribution is -0.0718. The van der Waals surface area contributed by atoms with Gasteiger partial charge in [0.15, 0.2) is 5.65 Å². The second-order valence-corrected chi connectivity index (χ2v) is 9.68. The SMILES string of the molecule is C1CCN2C[C@@H]3C[C@@H](CN4CCCC[C@@H]34)[C@H]2C1.Cn1c(=O)c2[nH]cnc2n(C)c1=O. The van der Waals surface area contributed by atoms with Crippen LogP contribution in [-0.4, -0.2) is 67.2 Å². The van der Waals surface area contributed by atoms with Crippen molar-refractivity contribution < 1.29 is 0 Å². The Kier molecular flexibility index (Phi) is 5.31. The van der Waals surface area contributed by atoms with Crippen molar-refractivity contribution in [3.63, 3.8) is 0 Å². The first-order valence-corrected chi connectivity index (χ1v) is 11.6. The van der Waals surface area contributed by atoms with E-state index in [-0.39, 0.29) is 11.2 Å². The molecule has 8 heteroatoms. The van der Waals surface area contributed by atoms with E-state index in [1.807, 2.05) is 0 Å². The van der Waals surface area contributed by atoms with Crippen LogP contribution in [0.3, 0.4) is 0 Å². The number of aromatic amines is 1. The standard InChI is InChI=1S/C15H26N2.C7H8N4O2/c1-3-7-16-11-13-9-12(14(16)5-1)10-17-8-4-2-6-15(13)17;1-10-5-4(8-3-9-5)6(12)11(2)7(10)13/h12-15H,1-11H2;3H,1-2H3,(H,8,9)/t12-,13-,14-,15+;/m0./s1. The quantitative estimate of drug-likeness (QED) is 0.703. The summed E-state index contributed by atoms with van der Waals surface area (Å²) in [5, 5.41) is 0. The van der Waals surface area contributed by atoms with Crippen LogP contribution in [0.1, 0.15) is 44.9 Å². The van der Waals surface area contributed by atoms with E-state index in [4.69, 9.17) is 0 Å². The van der Waals surface area contributed by atoms with Gasteiger partial charge in [0.25, 0.3) is 5.56 Å². The molecule has 0 amide bonds. The van der Waals surface area contributed by atoms with E-state index in [1.54, 1.807) is 13.5 Å². The van der Waals surface area contributed by atoms with Gasteiger partial charge in [-0.3, -0.25) is 23.7 Å². The van der Waals surface area contributed by atoms with Crippen LogP contribution in [0.25, 0.3) is 11.2 Å². The van der Waals surface area contributed by atoms with Crippen LogP contribution < -0.4 is 11.2 Å². The van der Waals surface area contributed by atoms with Crippen molar-refractivity contribution in [2.24, 2.45) is 25.9 Å². The zero-order valence-electron chi connectivity index (χ0n) is 18.2. The molecular formula is C22H34N6O2. The molecule has 4 aliphatic heterocycles. The van der Waals surface area contributed by atoms with Gasteiger partial charge in [-0.25, -0.2) is 9.78 Å². The summed E-state index contributed by atoms with van der Waals surface area (Å²) in [7, 11) is 3.01. The van der Waals surface area contributed by atoms with Crippen LogP contribution in [0.2, 0.25) is 0 Å². The number of rotatable bonds is 0. The number of nitrogens with zero attached hydrogens (tertiary/aromatic N) is 5. The van der Waals surface area contributed by atoms with Crippen LogP contribution in [0.15, 0.2) is 15.9 Å². The lowest BCUT2D eigenvalue weighted by Crippen LogP contribution is -2.63. The average molecular weight is 415 g/mol. The summed E-state index contributed by atoms with van der Waals surface area (Å²) in [6, 6.07) is 1.92. The third kappa shape index (κ3) is 3.34. The molecule has 0 aromatic carbocycles. The van der Waals surface area contributed by atoms with Crippen LogP contribution in [0.4, 0.5) is 0 Å². The highest BCUT2D eigenvalue weighted by molar-refractivity contribution is 5.68. The number of H-pyrrole nitrogens is 1. The molecule has 6 rings (SSSR count). The van der Waals surface area contributed by atoms with Gasteiger partial charge in [-0.05, 0) is 57.0 Å². The van der Waals surface area contributed by atoms with Gasteiger partial charge in [-0.1, -0.05) is 12.8 Å². The maximum Gasteiger partial charge on any atom is 0.332 e. The Morgan fingerprint density at radius 1 is 0.900 bits per heavy atom. The molecule has 4 fully saturated rings. The first-order valence-electron chi connectivity index (χ1n) is 11.6. The van der Waals surface area contributed by atoms with Crippen molar-refractivity contribution in [2.45, 2.75) is 57.0 Å². The molecule has 4 aliphatic rings. The molecule has 2 bridgehead atoms. The Morgan fingerprint density at radius 3 is 2.10 bits per heavy atom. The predicted octanol–water partition coefficient (Wildman–Crippen LogP) is 1.31. The number of aryl methyl sites for hydroxylation is 1. The summed E-state index contributed by atoms with van der Waals surface area (Å²) in [6.45, 7) is 5.68. The number of hydrogen-bond acceptors (Lipinski definition) is 5. The fraction of sp³-hybridized carbons (Fsp3) is 0.773. The molecule has 0 radical (unpaired) electrons. The van der Waals surface area contributed by atoms with Crippen LogP contribution in [0.5, 0.6) is 0 Å². The predicted molar refractivity (Wildman–Crippen MR) is 117 cm³/mol. The molecule has 164 valence electrons. The number of hydrogen-bond donors (Lipinski definition) is 1. The van der Waals surface area contributed by atoms with E-state index in [1.165, 1.54) is 82.6 Å². The maximum absolute atomic E-state index is 11.4. The van der Waals surface area contributed by atoms with Gasteiger partial charge in [0.1, 0.15) is 5.52 Å². The smallest absolute Gasteiger partial charge is 0.332 e. The molecule has 0 aliphatic carbocycles. The Morgan fingerprint density at radius 2 is 1.50 bits per heavy atom. The largest absolute Gasteiger partial charge is 0.339 e. The molecule has 30 heavy (non-hydrogen) atoms. The van der Waals surface area contributed by atoms with Gasteiger partial charge in [0, 0.05) is 39.3 Å². The molecule has 0 saturated carbocycles. The topological polar surface area (TPSA) is 79.2 Å². The minimum atomic E-state index is -0.371. The second kappa shape index (κ2) is 7.96. The lowest BCUT2D eigenvalue weighted by Gasteiger charge is -2.57. The minimum absolute atomic E-state index is 0.351. The van der Waals surface area contributed by atoms with Gasteiger partial charge < -0.3 is 4.98 Å². The summed E-state index contributed by atoms with van der Waals surface area (Å²) in [5.74, 6) is 2.03. The Hall–Kier alpha value is -1.93. The highest BCUT2D eigenvalue weighted by Gasteiger charge is 2.46. The molecular weight excluding hydrogens is 380 g/mol. The number of imidazole rings is 1. The molecule has 6 heterocycles. The fourth-order valence-corrected chi connectivity index (χ4v) is 6.52. The number of piperidine rings is 4. The van der Waals surface area contributed by atoms with E-state index >= 15 is 0 Å². The third-order valence-corrected chi connectivity index (χ3v) is 7.99. The van der Waals surface area contributed by atoms with Gasteiger partial charge in [-0.15, -0.1) is 0 Å². The first kappa shape index (κ1) is 20.0. The minimum Gasteiger partial charge on any atom is -0.339 e. The van der Waals surface area contributed by atoms with Crippen LogP contribution >= 0.6 is 0 Å². The molecule has 0 unspecified atom stereocenters. The third-order valence-electron chi connectivity index (χ3n) is 7.99. The summed E-state index contributed by atoms with van der Waals surface area (Å²) < 4.78 is 2.37. The van der Waals surface area contributed by atoms with Crippen molar-refractivity contribution >= 4 is 11.2 Å². The summed E-state index contributed by atoms with van der Waals surface area (Å²) in [4.78, 5) is 35.1. The van der Waals surface area contributed by atoms with Gasteiger partial charge in [0.2, 0.25) is 0 Å². The van der Waals surface area contributed by atoms with Crippen molar-refractivity contribution in [1.82, 2.24) is 28.9 Å². The van der Waals surface area contributed by atoms with E-state index in [0.717, 1.165) is 28.5 Å². The van der Waals surface area contributed by atoms with E-state index in [2.05, 4.69) is 19.8 Å². The lowest BCUT2D eigenvalue weighted by atomic mass is 9.71. The second-order valence-electron chi connectivity index (χ2n) is 9.68. The highest BCUT2D eigenvalue weighted by Crippen LogP contribution is 2.42. The molecule has 2 aromatic heterocycles. The van der Waals surface area contributed by atoms with Gasteiger partial charge in [-0.2, -0.15) is 0 Å². The number of aromatic nitrogens is 4. The first-order chi connectivity index (χ1) is 14.5. The van der Waals surface area contributed by atoms with Gasteiger partial charge >= 0.3 is 5.69 Å². The van der Waals surface area contributed by atoms with E-state index < -0.39 is 0 Å². The highest BCUT2D eigenvalue weighted by atomic mass is 16.2. The zero-order valence-corrected chi connectivity index (χ0v) is 18.2. The summed E-state index contributed by atoms with van der Waals surface area (Å²) in [6.07, 6.45) is 11.9. The summed E-state index contributed by atoms with van der Waals surface area (Å²) >= 11 is 0. The molecule has 2 aromatic rings. The maximum atomic E-state index is 11.4. The monoisotopic (exact) mass is 414 g/mol. The van der Waals surface area contributed by atoms with Crippen molar-refractivity contribution in [1.29, 1.82) is 0 Å². The van der Waals surface area contributed by atoms with Crippen molar-refractivity contribution in [2.75, 3.05) is 26.2 Å². The Balaban J connectivity index is 0.000000134. The Labute approximate surface area is 176 Å². The van der Waals surface area contributed by atoms with Crippen molar-refractivity contribution in [3.05, 3.63) is 27.2 Å². The summed E-state index contributed by atoms with van der Waals surface area (Å²) in [5.41, 5.74) is 0.0119. The van der Waals surface area contributed by atoms with E-state index in [9.17, 15) is 9.59 Å². The molecule has 8 nitrogen and oxygen atoms in total. The van der Waals surface area contributed by atoms with Crippen LogP contribution in [-0.2, 0) is 14.1 Å². The number of nitrogens with one attached hydrogen (secondary N) is 1. The van der Waals surface area contributed by atoms with Crippen molar-refractivity contribution in [3.8, 4) is 0 Å². The fourth-order valence-electron chi connectivity index (χ4n) is 6.52. The zero-order chi connectivity index (χ0) is 20.8. The molecule has 0 spiro atoms. The number of fused-ring (bicyclic) bond motifs is 7.